The Morgan fingerprint density at radius 1 is 1.23 bits per heavy atom. The van der Waals surface area contributed by atoms with Gasteiger partial charge in [0, 0.05) is 6.42 Å². The quantitative estimate of drug-likeness (QED) is 0.691. The van der Waals surface area contributed by atoms with Gasteiger partial charge < -0.3 is 5.11 Å². The molecule has 0 aliphatic carbocycles. The number of carbonyl (C=O) groups excluding carboxylic acids is 1. The first kappa shape index (κ1) is 12.6. The molecule has 0 spiro atoms. The summed E-state index contributed by atoms with van der Waals surface area (Å²) < 4.78 is 0. The van der Waals surface area contributed by atoms with E-state index in [2.05, 4.69) is 20.8 Å². The molecule has 13 heavy (non-hydrogen) atoms. The molecule has 0 aliphatic heterocycles. The largest absolute Gasteiger partial charge is 0.386 e. The van der Waals surface area contributed by atoms with Crippen molar-refractivity contribution in [3.63, 3.8) is 0 Å². The minimum absolute atomic E-state index is 0.0318. The zero-order valence-electron chi connectivity index (χ0n) is 9.21. The van der Waals surface area contributed by atoms with E-state index in [0.717, 1.165) is 12.8 Å². The van der Waals surface area contributed by atoms with Crippen molar-refractivity contribution >= 4 is 5.78 Å². The van der Waals surface area contributed by atoms with Crippen LogP contribution in [-0.4, -0.2) is 17.0 Å². The molecule has 2 nitrogen and oxygen atoms in total. The van der Waals surface area contributed by atoms with Gasteiger partial charge in [0.1, 0.15) is 6.10 Å². The number of hydrogen-bond donors (Lipinski definition) is 1. The minimum atomic E-state index is -0.786. The first-order valence-electron chi connectivity index (χ1n) is 5.14. The Kier molecular flexibility index (Phi) is 5.97. The van der Waals surface area contributed by atoms with Gasteiger partial charge in [0.2, 0.25) is 0 Å². The van der Waals surface area contributed by atoms with Gasteiger partial charge in [-0.1, -0.05) is 20.8 Å². The van der Waals surface area contributed by atoms with Crippen molar-refractivity contribution in [2.24, 2.45) is 11.8 Å². The van der Waals surface area contributed by atoms with E-state index in [1.54, 1.807) is 0 Å². The van der Waals surface area contributed by atoms with E-state index in [4.69, 9.17) is 5.11 Å². The second-order valence-electron chi connectivity index (χ2n) is 4.42. The van der Waals surface area contributed by atoms with Gasteiger partial charge in [-0.25, -0.2) is 0 Å². The summed E-state index contributed by atoms with van der Waals surface area (Å²) in [7, 11) is 0. The van der Waals surface area contributed by atoms with Gasteiger partial charge in [0.15, 0.2) is 5.78 Å². The summed E-state index contributed by atoms with van der Waals surface area (Å²) in [5.41, 5.74) is 0. The normalized spacial score (nSPS) is 15.8. The summed E-state index contributed by atoms with van der Waals surface area (Å²) in [6, 6.07) is 0. The predicted molar refractivity (Wildman–Crippen MR) is 54.5 cm³/mol. The lowest BCUT2D eigenvalue weighted by Crippen LogP contribution is -2.16. The maximum Gasteiger partial charge on any atom is 0.160 e. The third-order valence-corrected chi connectivity index (χ3v) is 2.22. The summed E-state index contributed by atoms with van der Waals surface area (Å²) in [6.07, 6.45) is 1.80. The van der Waals surface area contributed by atoms with Gasteiger partial charge in [-0.05, 0) is 31.6 Å². The number of hydrogen-bond acceptors (Lipinski definition) is 2. The maximum absolute atomic E-state index is 11.1. The van der Waals surface area contributed by atoms with Gasteiger partial charge in [-0.2, -0.15) is 0 Å². The fraction of sp³-hybridized carbons (Fsp3) is 0.909. The van der Waals surface area contributed by atoms with E-state index in [0.29, 0.717) is 18.3 Å². The van der Waals surface area contributed by atoms with Gasteiger partial charge >= 0.3 is 0 Å². The summed E-state index contributed by atoms with van der Waals surface area (Å²) in [6.45, 7) is 8.07. The van der Waals surface area contributed by atoms with Crippen molar-refractivity contribution in [2.75, 3.05) is 0 Å². The zero-order chi connectivity index (χ0) is 10.4. The van der Waals surface area contributed by atoms with Crippen LogP contribution in [0.5, 0.6) is 0 Å². The molecule has 0 aromatic rings. The molecule has 0 aliphatic rings. The second-order valence-corrected chi connectivity index (χ2v) is 4.42. The first-order valence-corrected chi connectivity index (χ1v) is 5.14. The van der Waals surface area contributed by atoms with E-state index in [9.17, 15) is 4.79 Å². The Balaban J connectivity index is 3.58. The number of rotatable bonds is 6. The molecule has 0 aromatic carbocycles. The predicted octanol–water partition coefficient (Wildman–Crippen LogP) is 2.40. The van der Waals surface area contributed by atoms with Gasteiger partial charge in [-0.3, -0.25) is 4.79 Å². The second kappa shape index (κ2) is 6.14. The molecular weight excluding hydrogens is 164 g/mol. The van der Waals surface area contributed by atoms with Crippen molar-refractivity contribution in [1.82, 2.24) is 0 Å². The van der Waals surface area contributed by atoms with Crippen LogP contribution in [0.25, 0.3) is 0 Å². The van der Waals surface area contributed by atoms with E-state index >= 15 is 0 Å². The van der Waals surface area contributed by atoms with Crippen LogP contribution in [0.15, 0.2) is 0 Å². The Morgan fingerprint density at radius 3 is 2.15 bits per heavy atom. The van der Waals surface area contributed by atoms with Crippen LogP contribution in [0.2, 0.25) is 0 Å². The fourth-order valence-corrected chi connectivity index (χ4v) is 1.52. The van der Waals surface area contributed by atoms with Crippen molar-refractivity contribution in [3.05, 3.63) is 0 Å². The number of ketones is 1. The maximum atomic E-state index is 11.1. The van der Waals surface area contributed by atoms with Gasteiger partial charge in [0.05, 0.1) is 0 Å². The van der Waals surface area contributed by atoms with Crippen LogP contribution in [-0.2, 0) is 4.79 Å². The highest BCUT2D eigenvalue weighted by Gasteiger charge is 2.11. The number of carbonyl (C=O) groups is 1. The van der Waals surface area contributed by atoms with Crippen molar-refractivity contribution in [1.29, 1.82) is 0 Å². The fourth-order valence-electron chi connectivity index (χ4n) is 1.52. The van der Waals surface area contributed by atoms with Gasteiger partial charge in [-0.15, -0.1) is 0 Å². The highest BCUT2D eigenvalue weighted by atomic mass is 16.3. The molecule has 0 fully saturated rings. The van der Waals surface area contributed by atoms with E-state index in [-0.39, 0.29) is 5.78 Å². The SMILES string of the molecule is CC(C)CC(C)CCC(=O)C(C)O. The highest BCUT2D eigenvalue weighted by Crippen LogP contribution is 2.16. The van der Waals surface area contributed by atoms with Crippen molar-refractivity contribution < 1.29 is 9.90 Å². The van der Waals surface area contributed by atoms with Crippen molar-refractivity contribution in [3.8, 4) is 0 Å². The molecule has 0 radical (unpaired) electrons. The van der Waals surface area contributed by atoms with Crippen molar-refractivity contribution in [2.45, 2.75) is 53.1 Å². The van der Waals surface area contributed by atoms with E-state index in [1.807, 2.05) is 0 Å². The zero-order valence-corrected chi connectivity index (χ0v) is 9.21. The Hall–Kier alpha value is -0.370. The van der Waals surface area contributed by atoms with Crippen LogP contribution >= 0.6 is 0 Å². The number of Topliss-reactive ketones (excluding diaryl/α,β-unsaturated/α-hetero) is 1. The standard InChI is InChI=1S/C11H22O2/c1-8(2)7-9(3)5-6-11(13)10(4)12/h8-10,12H,5-7H2,1-4H3. The molecule has 2 unspecified atom stereocenters. The third kappa shape index (κ3) is 6.76. The Morgan fingerprint density at radius 2 is 1.77 bits per heavy atom. The summed E-state index contributed by atoms with van der Waals surface area (Å²) in [4.78, 5) is 11.1. The lowest BCUT2D eigenvalue weighted by atomic mass is 9.93. The molecule has 0 heterocycles. The molecule has 0 saturated carbocycles. The summed E-state index contributed by atoms with van der Waals surface area (Å²) in [5.74, 6) is 1.25. The Bertz CT molecular complexity index is 150. The van der Waals surface area contributed by atoms with E-state index in [1.165, 1.54) is 6.92 Å². The van der Waals surface area contributed by atoms with Crippen LogP contribution in [0, 0.1) is 11.8 Å². The molecule has 0 aromatic heterocycles. The van der Waals surface area contributed by atoms with Crippen LogP contribution < -0.4 is 0 Å². The summed E-state index contributed by atoms with van der Waals surface area (Å²) >= 11 is 0. The van der Waals surface area contributed by atoms with E-state index < -0.39 is 6.10 Å². The number of aliphatic hydroxyl groups excluding tert-OH is 1. The monoisotopic (exact) mass is 186 g/mol. The molecule has 0 rings (SSSR count). The first-order chi connectivity index (χ1) is 5.93. The molecule has 2 heteroatoms. The molecule has 0 saturated heterocycles. The number of aliphatic hydroxyl groups is 1. The van der Waals surface area contributed by atoms with Crippen LogP contribution in [0.4, 0.5) is 0 Å². The highest BCUT2D eigenvalue weighted by molar-refractivity contribution is 5.82. The molecule has 0 amide bonds. The minimum Gasteiger partial charge on any atom is -0.386 e. The lowest BCUT2D eigenvalue weighted by Gasteiger charge is -2.13. The molecule has 78 valence electrons. The molecular formula is C11H22O2. The average molecular weight is 186 g/mol. The summed E-state index contributed by atoms with van der Waals surface area (Å²) in [5, 5.41) is 8.97. The topological polar surface area (TPSA) is 37.3 Å². The van der Waals surface area contributed by atoms with Gasteiger partial charge in [0.25, 0.3) is 0 Å². The average Bonchev–Trinajstić information content (AvgIpc) is 1.98. The molecule has 0 bridgehead atoms. The molecule has 2 atom stereocenters. The Labute approximate surface area is 81.3 Å². The lowest BCUT2D eigenvalue weighted by molar-refractivity contribution is -0.126. The van der Waals surface area contributed by atoms with Crippen LogP contribution in [0.1, 0.15) is 47.0 Å². The smallest absolute Gasteiger partial charge is 0.160 e. The third-order valence-electron chi connectivity index (χ3n) is 2.22. The molecule has 1 N–H and O–H groups in total. The van der Waals surface area contributed by atoms with Crippen LogP contribution in [0.3, 0.4) is 0 Å².